The number of nitro groups is 1. The molecule has 2 amide bonds. The van der Waals surface area contributed by atoms with E-state index in [1.807, 2.05) is 0 Å². The molecule has 2 rings (SSSR count). The maximum Gasteiger partial charge on any atom is 0.292 e. The number of benzene rings is 2. The molecule has 0 atom stereocenters. The highest BCUT2D eigenvalue weighted by Crippen LogP contribution is 2.22. The Morgan fingerprint density at radius 1 is 1.00 bits per heavy atom. The average Bonchev–Trinajstić information content (AvgIpc) is 2.74. The lowest BCUT2D eigenvalue weighted by molar-refractivity contribution is -0.384. The minimum atomic E-state index is -0.457. The van der Waals surface area contributed by atoms with Crippen molar-refractivity contribution < 1.29 is 19.2 Å². The van der Waals surface area contributed by atoms with Gasteiger partial charge in [0.2, 0.25) is 5.91 Å². The van der Waals surface area contributed by atoms with Gasteiger partial charge in [0, 0.05) is 37.7 Å². The molecule has 0 saturated heterocycles. The zero-order valence-corrected chi connectivity index (χ0v) is 16.1. The lowest BCUT2D eigenvalue weighted by Crippen LogP contribution is -2.30. The first-order valence-electron chi connectivity index (χ1n) is 9.17. The number of para-hydroxylation sites is 2. The molecule has 0 spiro atoms. The van der Waals surface area contributed by atoms with Crippen molar-refractivity contribution in [1.29, 1.82) is 0 Å². The fourth-order valence-corrected chi connectivity index (χ4v) is 2.57. The second kappa shape index (κ2) is 11.3. The van der Waals surface area contributed by atoms with Gasteiger partial charge in [-0.05, 0) is 36.8 Å². The summed E-state index contributed by atoms with van der Waals surface area (Å²) in [5.41, 5.74) is 0.927. The van der Waals surface area contributed by atoms with Crippen molar-refractivity contribution in [2.75, 3.05) is 32.1 Å². The summed E-state index contributed by atoms with van der Waals surface area (Å²) in [5, 5.41) is 19.4. The zero-order chi connectivity index (χ0) is 21.1. The van der Waals surface area contributed by atoms with E-state index in [1.165, 1.54) is 6.07 Å². The van der Waals surface area contributed by atoms with E-state index in [1.54, 1.807) is 49.6 Å². The molecule has 0 saturated carbocycles. The van der Waals surface area contributed by atoms with Crippen molar-refractivity contribution in [3.8, 4) is 5.75 Å². The summed E-state index contributed by atoms with van der Waals surface area (Å²) in [5.74, 6) is 0.323. The maximum atomic E-state index is 12.0. The summed E-state index contributed by atoms with van der Waals surface area (Å²) in [6.07, 6.45) is 0.777. The van der Waals surface area contributed by atoms with Gasteiger partial charge in [0.1, 0.15) is 11.4 Å². The van der Waals surface area contributed by atoms with Gasteiger partial charge in [0.25, 0.3) is 11.6 Å². The first-order chi connectivity index (χ1) is 14.0. The highest BCUT2D eigenvalue weighted by molar-refractivity contribution is 5.94. The quantitative estimate of drug-likeness (QED) is 0.302. The Morgan fingerprint density at radius 3 is 2.41 bits per heavy atom. The van der Waals surface area contributed by atoms with Crippen molar-refractivity contribution in [1.82, 2.24) is 10.6 Å². The van der Waals surface area contributed by atoms with Crippen LogP contribution in [0.25, 0.3) is 0 Å². The predicted octanol–water partition coefficient (Wildman–Crippen LogP) is 2.34. The monoisotopic (exact) mass is 400 g/mol. The van der Waals surface area contributed by atoms with Crippen LogP contribution in [-0.2, 0) is 4.79 Å². The van der Waals surface area contributed by atoms with Crippen molar-refractivity contribution in [3.63, 3.8) is 0 Å². The SMILES string of the molecule is COc1ccc(C(=O)NCCCC(=O)NCCNc2ccccc2[N+](=O)[O-])cc1. The Morgan fingerprint density at radius 2 is 1.72 bits per heavy atom. The number of anilines is 1. The first-order valence-corrected chi connectivity index (χ1v) is 9.17. The molecule has 0 unspecified atom stereocenters. The minimum absolute atomic E-state index is 0.00794. The molecule has 0 radical (unpaired) electrons. The molecule has 154 valence electrons. The van der Waals surface area contributed by atoms with Crippen LogP contribution in [0.3, 0.4) is 0 Å². The Labute approximate surface area is 168 Å². The van der Waals surface area contributed by atoms with Crippen LogP contribution in [0.1, 0.15) is 23.2 Å². The average molecular weight is 400 g/mol. The summed E-state index contributed by atoms with van der Waals surface area (Å²) in [6.45, 7) is 1.08. The van der Waals surface area contributed by atoms with Crippen LogP contribution >= 0.6 is 0 Å². The normalized spacial score (nSPS) is 10.1. The number of rotatable bonds is 11. The minimum Gasteiger partial charge on any atom is -0.497 e. The van der Waals surface area contributed by atoms with E-state index >= 15 is 0 Å². The Hall–Kier alpha value is -3.62. The molecule has 0 aliphatic rings. The molecular weight excluding hydrogens is 376 g/mol. The van der Waals surface area contributed by atoms with Gasteiger partial charge in [-0.1, -0.05) is 12.1 Å². The number of carbonyl (C=O) groups is 2. The van der Waals surface area contributed by atoms with Gasteiger partial charge in [-0.3, -0.25) is 19.7 Å². The molecule has 0 bridgehead atoms. The van der Waals surface area contributed by atoms with Gasteiger partial charge >= 0.3 is 0 Å². The number of hydrogen-bond donors (Lipinski definition) is 3. The van der Waals surface area contributed by atoms with Gasteiger partial charge in [-0.2, -0.15) is 0 Å². The van der Waals surface area contributed by atoms with E-state index in [0.717, 1.165) is 0 Å². The molecule has 2 aromatic carbocycles. The second-order valence-electron chi connectivity index (χ2n) is 6.14. The van der Waals surface area contributed by atoms with Crippen LogP contribution in [0.15, 0.2) is 48.5 Å². The molecule has 9 heteroatoms. The smallest absolute Gasteiger partial charge is 0.292 e. The fraction of sp³-hybridized carbons (Fsp3) is 0.300. The van der Waals surface area contributed by atoms with E-state index in [2.05, 4.69) is 16.0 Å². The molecule has 9 nitrogen and oxygen atoms in total. The number of nitro benzene ring substituents is 1. The topological polar surface area (TPSA) is 123 Å². The zero-order valence-electron chi connectivity index (χ0n) is 16.1. The van der Waals surface area contributed by atoms with E-state index in [-0.39, 0.29) is 23.9 Å². The molecule has 0 heterocycles. The molecule has 0 aromatic heterocycles. The van der Waals surface area contributed by atoms with Crippen LogP contribution in [0.5, 0.6) is 5.75 Å². The van der Waals surface area contributed by atoms with Crippen molar-refractivity contribution in [3.05, 3.63) is 64.2 Å². The third kappa shape index (κ3) is 7.13. The van der Waals surface area contributed by atoms with Crippen LogP contribution < -0.4 is 20.7 Å². The number of ether oxygens (including phenoxy) is 1. The fourth-order valence-electron chi connectivity index (χ4n) is 2.57. The van der Waals surface area contributed by atoms with Crippen LogP contribution in [-0.4, -0.2) is 43.5 Å². The lowest BCUT2D eigenvalue weighted by Gasteiger charge is -2.09. The third-order valence-electron chi connectivity index (χ3n) is 4.08. The van der Waals surface area contributed by atoms with Crippen LogP contribution in [0, 0.1) is 10.1 Å². The van der Waals surface area contributed by atoms with Gasteiger partial charge in [0.05, 0.1) is 12.0 Å². The highest BCUT2D eigenvalue weighted by Gasteiger charge is 2.11. The summed E-state index contributed by atoms with van der Waals surface area (Å²) in [7, 11) is 1.56. The molecule has 0 fully saturated rings. The Balaban J connectivity index is 1.60. The maximum absolute atomic E-state index is 12.0. The number of methoxy groups -OCH3 is 1. The summed E-state index contributed by atoms with van der Waals surface area (Å²) in [4.78, 5) is 34.3. The van der Waals surface area contributed by atoms with Gasteiger partial charge in [-0.25, -0.2) is 0 Å². The number of nitrogens with one attached hydrogen (secondary N) is 3. The largest absolute Gasteiger partial charge is 0.497 e. The standard InChI is InChI=1S/C20H24N4O5/c1-29-16-10-8-15(9-11-16)20(26)23-12-4-7-19(25)22-14-13-21-17-5-2-3-6-18(17)24(27)28/h2-3,5-6,8-11,21H,4,7,12-14H2,1H3,(H,22,25)(H,23,26). The predicted molar refractivity (Wildman–Crippen MR) is 109 cm³/mol. The van der Waals surface area contributed by atoms with E-state index in [4.69, 9.17) is 4.74 Å². The summed E-state index contributed by atoms with van der Waals surface area (Å²) in [6, 6.07) is 13.1. The lowest BCUT2D eigenvalue weighted by atomic mass is 10.2. The highest BCUT2D eigenvalue weighted by atomic mass is 16.6. The van der Waals surface area contributed by atoms with Gasteiger partial charge < -0.3 is 20.7 Å². The Bertz CT molecular complexity index is 839. The summed E-state index contributed by atoms with van der Waals surface area (Å²) < 4.78 is 5.04. The van der Waals surface area contributed by atoms with Gasteiger partial charge in [0.15, 0.2) is 0 Å². The number of hydrogen-bond acceptors (Lipinski definition) is 6. The van der Waals surface area contributed by atoms with E-state index in [9.17, 15) is 19.7 Å². The van der Waals surface area contributed by atoms with Crippen LogP contribution in [0.4, 0.5) is 11.4 Å². The van der Waals surface area contributed by atoms with Gasteiger partial charge in [-0.15, -0.1) is 0 Å². The molecule has 29 heavy (non-hydrogen) atoms. The number of carbonyl (C=O) groups excluding carboxylic acids is 2. The van der Waals surface area contributed by atoms with E-state index in [0.29, 0.717) is 43.1 Å². The van der Waals surface area contributed by atoms with Crippen molar-refractivity contribution in [2.24, 2.45) is 0 Å². The molecule has 0 aliphatic heterocycles. The third-order valence-corrected chi connectivity index (χ3v) is 4.08. The summed E-state index contributed by atoms with van der Waals surface area (Å²) >= 11 is 0. The second-order valence-corrected chi connectivity index (χ2v) is 6.14. The first kappa shape index (κ1) is 21.7. The molecular formula is C20H24N4O5. The van der Waals surface area contributed by atoms with E-state index < -0.39 is 4.92 Å². The Kier molecular flexibility index (Phi) is 8.43. The van der Waals surface area contributed by atoms with Crippen molar-refractivity contribution in [2.45, 2.75) is 12.8 Å². The number of nitrogens with zero attached hydrogens (tertiary/aromatic N) is 1. The molecule has 3 N–H and O–H groups in total. The van der Waals surface area contributed by atoms with Crippen molar-refractivity contribution >= 4 is 23.2 Å². The number of amides is 2. The molecule has 0 aliphatic carbocycles. The van der Waals surface area contributed by atoms with Crippen LogP contribution in [0.2, 0.25) is 0 Å². The molecule has 2 aromatic rings.